The zero-order chi connectivity index (χ0) is 23.5. The Bertz CT molecular complexity index is 1080. The first-order valence-electron chi connectivity index (χ1n) is 11.8. The fraction of sp³-hybridized carbons (Fsp3) is 0.583. The van der Waals surface area contributed by atoms with Crippen molar-refractivity contribution >= 4 is 46.1 Å². The minimum absolute atomic E-state index is 0.0230. The van der Waals surface area contributed by atoms with Crippen molar-refractivity contribution in [3.63, 3.8) is 0 Å². The number of anilines is 1. The highest BCUT2D eigenvalue weighted by Gasteiger charge is 2.35. The topological polar surface area (TPSA) is 78.6 Å². The van der Waals surface area contributed by atoms with Gasteiger partial charge in [-0.2, -0.15) is 5.26 Å². The molecule has 1 unspecified atom stereocenters. The zero-order valence-corrected chi connectivity index (χ0v) is 20.9. The number of ether oxygens (including phenoxy) is 1. The highest BCUT2D eigenvalue weighted by Crippen LogP contribution is 2.37. The summed E-state index contributed by atoms with van der Waals surface area (Å²) >= 11 is 6.81. The molecular weight excluding hydrogens is 456 g/mol. The van der Waals surface area contributed by atoms with E-state index >= 15 is 0 Å². The number of aromatic nitrogens is 1. The van der Waals surface area contributed by atoms with Crippen molar-refractivity contribution in [2.24, 2.45) is 0 Å². The van der Waals surface area contributed by atoms with Crippen molar-refractivity contribution in [1.82, 2.24) is 9.47 Å². The van der Waals surface area contributed by atoms with Crippen molar-refractivity contribution in [3.8, 4) is 6.07 Å². The normalized spacial score (nSPS) is 22.1. The van der Waals surface area contributed by atoms with Crippen molar-refractivity contribution in [2.75, 3.05) is 31.1 Å². The Hall–Kier alpha value is -2.15. The Morgan fingerprint density at radius 1 is 1.27 bits per heavy atom. The number of carbonyl (C=O) groups excluding carboxylic acids is 1. The van der Waals surface area contributed by atoms with Crippen LogP contribution in [0.25, 0.3) is 6.08 Å². The fourth-order valence-electron chi connectivity index (χ4n) is 4.72. The second-order valence-corrected chi connectivity index (χ2v) is 10.5. The summed E-state index contributed by atoms with van der Waals surface area (Å²) < 4.78 is 7.98. The molecule has 0 bridgehead atoms. The highest BCUT2D eigenvalue weighted by molar-refractivity contribution is 8.26. The SMILES string of the molecule is CCCCn1c(N2CCCC2)c(/C=C2/SC(=S)N(CC3CCCO3)C2=O)c(C)c(C#N)c1=O. The van der Waals surface area contributed by atoms with E-state index in [1.165, 1.54) is 11.8 Å². The Morgan fingerprint density at radius 2 is 2.03 bits per heavy atom. The standard InChI is InChI=1S/C24H30N4O3S2/c1-3-4-11-27-21(26-9-5-6-10-26)18(16(2)19(14-25)22(27)29)13-20-23(30)28(24(32)33-20)15-17-8-7-12-31-17/h13,17H,3-12,15H2,1-2H3/b20-13+. The lowest BCUT2D eigenvalue weighted by Gasteiger charge is -2.27. The van der Waals surface area contributed by atoms with Crippen LogP contribution in [0.1, 0.15) is 62.1 Å². The van der Waals surface area contributed by atoms with Crippen LogP contribution in [0, 0.1) is 18.3 Å². The van der Waals surface area contributed by atoms with Crippen LogP contribution in [0.15, 0.2) is 9.70 Å². The number of hydrogen-bond donors (Lipinski definition) is 0. The minimum Gasteiger partial charge on any atom is -0.376 e. The number of pyridine rings is 1. The quantitative estimate of drug-likeness (QED) is 0.428. The predicted octanol–water partition coefficient (Wildman–Crippen LogP) is 3.81. The van der Waals surface area contributed by atoms with Gasteiger partial charge in [0.05, 0.1) is 17.6 Å². The molecular formula is C24H30N4O3S2. The molecule has 1 amide bonds. The van der Waals surface area contributed by atoms with E-state index in [2.05, 4.69) is 17.9 Å². The molecule has 1 atom stereocenters. The maximum Gasteiger partial charge on any atom is 0.270 e. The van der Waals surface area contributed by atoms with Crippen LogP contribution >= 0.6 is 24.0 Å². The van der Waals surface area contributed by atoms with Gasteiger partial charge in [0.25, 0.3) is 11.5 Å². The maximum atomic E-state index is 13.3. The summed E-state index contributed by atoms with van der Waals surface area (Å²) in [5.41, 5.74) is 1.31. The monoisotopic (exact) mass is 486 g/mol. The van der Waals surface area contributed by atoms with E-state index in [1.54, 1.807) is 9.47 Å². The predicted molar refractivity (Wildman–Crippen MR) is 135 cm³/mol. The smallest absolute Gasteiger partial charge is 0.270 e. The summed E-state index contributed by atoms with van der Waals surface area (Å²) in [4.78, 5) is 30.9. The molecule has 3 fully saturated rings. The molecule has 176 valence electrons. The van der Waals surface area contributed by atoms with Gasteiger partial charge in [-0.1, -0.05) is 37.3 Å². The van der Waals surface area contributed by atoms with Gasteiger partial charge in [0.1, 0.15) is 21.8 Å². The molecule has 3 aliphatic heterocycles. The van der Waals surface area contributed by atoms with Gasteiger partial charge in [-0.15, -0.1) is 0 Å². The average Bonchev–Trinajstić information content (AvgIpc) is 3.55. The molecule has 0 aliphatic carbocycles. The van der Waals surface area contributed by atoms with E-state index in [9.17, 15) is 14.9 Å². The molecule has 0 aromatic carbocycles. The third-order valence-corrected chi connectivity index (χ3v) is 7.92. The largest absolute Gasteiger partial charge is 0.376 e. The molecule has 4 heterocycles. The highest BCUT2D eigenvalue weighted by atomic mass is 32.2. The van der Waals surface area contributed by atoms with Gasteiger partial charge in [0, 0.05) is 31.8 Å². The van der Waals surface area contributed by atoms with E-state index in [1.807, 2.05) is 13.0 Å². The molecule has 0 radical (unpaired) electrons. The van der Waals surface area contributed by atoms with E-state index in [0.717, 1.165) is 69.6 Å². The van der Waals surface area contributed by atoms with Crippen molar-refractivity contribution < 1.29 is 9.53 Å². The number of nitrogens with zero attached hydrogens (tertiary/aromatic N) is 4. The molecule has 9 heteroatoms. The summed E-state index contributed by atoms with van der Waals surface area (Å²) in [5.74, 6) is 0.698. The molecule has 0 spiro atoms. The number of thioether (sulfide) groups is 1. The second kappa shape index (κ2) is 10.4. The van der Waals surface area contributed by atoms with Crippen LogP contribution in [0.2, 0.25) is 0 Å². The number of amides is 1. The first kappa shape index (κ1) is 24.0. The van der Waals surface area contributed by atoms with Crippen LogP contribution in [0.4, 0.5) is 5.82 Å². The van der Waals surface area contributed by atoms with Crippen LogP contribution in [-0.4, -0.2) is 52.0 Å². The second-order valence-electron chi connectivity index (χ2n) is 8.78. The molecule has 3 saturated heterocycles. The first-order valence-corrected chi connectivity index (χ1v) is 13.0. The van der Waals surface area contributed by atoms with Crippen LogP contribution in [-0.2, 0) is 16.1 Å². The summed E-state index contributed by atoms with van der Waals surface area (Å²) in [5, 5.41) is 9.77. The molecule has 3 aliphatic rings. The molecule has 1 aromatic heterocycles. The minimum atomic E-state index is -0.242. The molecule has 0 saturated carbocycles. The van der Waals surface area contributed by atoms with Gasteiger partial charge in [-0.3, -0.25) is 19.1 Å². The van der Waals surface area contributed by atoms with Gasteiger partial charge in [0.2, 0.25) is 0 Å². The number of carbonyl (C=O) groups is 1. The summed E-state index contributed by atoms with van der Waals surface area (Å²) in [7, 11) is 0. The molecule has 33 heavy (non-hydrogen) atoms. The van der Waals surface area contributed by atoms with Crippen LogP contribution in [0.5, 0.6) is 0 Å². The Kier molecular flexibility index (Phi) is 7.57. The van der Waals surface area contributed by atoms with Gasteiger partial charge < -0.3 is 9.64 Å². The lowest BCUT2D eigenvalue weighted by atomic mass is 10.0. The van der Waals surface area contributed by atoms with E-state index < -0.39 is 0 Å². The molecule has 0 N–H and O–H groups in total. The van der Waals surface area contributed by atoms with E-state index in [0.29, 0.717) is 27.9 Å². The van der Waals surface area contributed by atoms with Gasteiger partial charge in [-0.25, -0.2) is 0 Å². The number of nitriles is 1. The fourth-order valence-corrected chi connectivity index (χ4v) is 5.97. The van der Waals surface area contributed by atoms with Crippen LogP contribution in [0.3, 0.4) is 0 Å². The third-order valence-electron chi connectivity index (χ3n) is 6.55. The molecule has 4 rings (SSSR count). The lowest BCUT2D eigenvalue weighted by molar-refractivity contribution is -0.123. The molecule has 7 nitrogen and oxygen atoms in total. The van der Waals surface area contributed by atoms with Crippen molar-refractivity contribution in [2.45, 2.75) is 65.0 Å². The Balaban J connectivity index is 1.79. The summed E-state index contributed by atoms with van der Waals surface area (Å²) in [6.07, 6.45) is 7.71. The number of rotatable bonds is 7. The van der Waals surface area contributed by atoms with E-state index in [-0.39, 0.29) is 23.1 Å². The van der Waals surface area contributed by atoms with Crippen molar-refractivity contribution in [3.05, 3.63) is 31.9 Å². The Labute approximate surface area is 204 Å². The third kappa shape index (κ3) is 4.75. The van der Waals surface area contributed by atoms with Gasteiger partial charge in [0.15, 0.2) is 0 Å². The average molecular weight is 487 g/mol. The number of unbranched alkanes of at least 4 members (excludes halogenated alkanes) is 1. The molecule has 1 aromatic rings. The lowest BCUT2D eigenvalue weighted by Crippen LogP contribution is -2.35. The summed E-state index contributed by atoms with van der Waals surface area (Å²) in [6.45, 7) is 7.36. The first-order chi connectivity index (χ1) is 16.0. The van der Waals surface area contributed by atoms with Crippen LogP contribution < -0.4 is 10.5 Å². The summed E-state index contributed by atoms with van der Waals surface area (Å²) in [6, 6.07) is 2.11. The maximum absolute atomic E-state index is 13.3. The van der Waals surface area contributed by atoms with Crippen molar-refractivity contribution in [1.29, 1.82) is 5.26 Å². The van der Waals surface area contributed by atoms with Gasteiger partial charge in [-0.05, 0) is 50.7 Å². The van der Waals surface area contributed by atoms with E-state index in [4.69, 9.17) is 17.0 Å². The Morgan fingerprint density at radius 3 is 2.67 bits per heavy atom. The number of thiocarbonyl (C=S) groups is 1. The zero-order valence-electron chi connectivity index (χ0n) is 19.3. The van der Waals surface area contributed by atoms with Gasteiger partial charge >= 0.3 is 0 Å². The number of hydrogen-bond acceptors (Lipinski definition) is 7.